The Hall–Kier alpha value is -1.10. The second-order valence-corrected chi connectivity index (χ2v) is 6.35. The summed E-state index contributed by atoms with van der Waals surface area (Å²) in [6.45, 7) is 3.25. The lowest BCUT2D eigenvalue weighted by Gasteiger charge is -2.28. The van der Waals surface area contributed by atoms with E-state index in [0.29, 0.717) is 13.1 Å². The Bertz CT molecular complexity index is 457. The van der Waals surface area contributed by atoms with Crippen molar-refractivity contribution in [3.8, 4) is 0 Å². The molecule has 1 aliphatic heterocycles. The summed E-state index contributed by atoms with van der Waals surface area (Å²) in [6.07, 6.45) is 4.61. The molecule has 0 bridgehead atoms. The number of aromatic nitrogens is 1. The summed E-state index contributed by atoms with van der Waals surface area (Å²) in [7, 11) is -2.80. The highest BCUT2D eigenvalue weighted by atomic mass is 32.2. The van der Waals surface area contributed by atoms with E-state index in [0.717, 1.165) is 12.1 Å². The van der Waals surface area contributed by atoms with Gasteiger partial charge >= 0.3 is 0 Å². The Morgan fingerprint density at radius 1 is 1.31 bits per heavy atom. The molecule has 1 aromatic rings. The van der Waals surface area contributed by atoms with Crippen LogP contribution in [0.2, 0.25) is 0 Å². The highest BCUT2D eigenvalue weighted by Gasteiger charge is 2.21. The molecular formula is C11H16N2O2S. The average molecular weight is 240 g/mol. The topological polar surface area (TPSA) is 50.3 Å². The van der Waals surface area contributed by atoms with E-state index < -0.39 is 9.84 Å². The van der Waals surface area contributed by atoms with Crippen molar-refractivity contribution in [2.24, 2.45) is 0 Å². The van der Waals surface area contributed by atoms with Gasteiger partial charge in [-0.25, -0.2) is 8.42 Å². The second kappa shape index (κ2) is 4.41. The molecule has 0 atom stereocenters. The molecule has 0 spiro atoms. The van der Waals surface area contributed by atoms with E-state index in [4.69, 9.17) is 0 Å². The zero-order chi connectivity index (χ0) is 11.6. The maximum Gasteiger partial charge on any atom is 0.153 e. The fourth-order valence-electron chi connectivity index (χ4n) is 1.81. The summed E-state index contributed by atoms with van der Waals surface area (Å²) in [5.74, 6) is 0.507. The lowest BCUT2D eigenvalue weighted by Crippen LogP contribution is -2.40. The van der Waals surface area contributed by atoms with Crippen molar-refractivity contribution in [2.75, 3.05) is 29.5 Å². The molecule has 0 amide bonds. The van der Waals surface area contributed by atoms with Gasteiger partial charge in [0.2, 0.25) is 0 Å². The van der Waals surface area contributed by atoms with Gasteiger partial charge in [-0.1, -0.05) is 6.92 Å². The Morgan fingerprint density at radius 3 is 2.62 bits per heavy atom. The summed E-state index contributed by atoms with van der Waals surface area (Å²) in [5, 5.41) is 0. The zero-order valence-corrected chi connectivity index (χ0v) is 10.2. The van der Waals surface area contributed by atoms with Crippen LogP contribution in [0.25, 0.3) is 0 Å². The normalized spacial score (nSPS) is 19.7. The van der Waals surface area contributed by atoms with Gasteiger partial charge in [0.05, 0.1) is 23.4 Å². The maximum atomic E-state index is 11.3. The molecule has 0 N–H and O–H groups in total. The first-order chi connectivity index (χ1) is 7.61. The van der Waals surface area contributed by atoms with Gasteiger partial charge in [-0.2, -0.15) is 0 Å². The summed E-state index contributed by atoms with van der Waals surface area (Å²) in [6, 6.07) is 2.09. The number of hydrogen-bond donors (Lipinski definition) is 0. The molecule has 1 saturated heterocycles. The third-order valence-electron chi connectivity index (χ3n) is 2.90. The van der Waals surface area contributed by atoms with E-state index in [1.807, 2.05) is 6.20 Å². The quantitative estimate of drug-likeness (QED) is 0.770. The Balaban J connectivity index is 2.13. The molecule has 0 aromatic carbocycles. The van der Waals surface area contributed by atoms with Crippen molar-refractivity contribution in [2.45, 2.75) is 13.3 Å². The molecular weight excluding hydrogens is 224 g/mol. The lowest BCUT2D eigenvalue weighted by atomic mass is 10.2. The van der Waals surface area contributed by atoms with E-state index in [1.165, 1.54) is 5.56 Å². The lowest BCUT2D eigenvalue weighted by molar-refractivity contribution is 0.586. The number of hydrogen-bond acceptors (Lipinski definition) is 4. The number of sulfone groups is 1. The molecule has 1 aliphatic rings. The van der Waals surface area contributed by atoms with Gasteiger partial charge in [0.1, 0.15) is 0 Å². The molecule has 5 heteroatoms. The monoisotopic (exact) mass is 240 g/mol. The SMILES string of the molecule is CCc1cncc(N2CCS(=O)(=O)CC2)c1. The molecule has 0 radical (unpaired) electrons. The average Bonchev–Trinajstić information content (AvgIpc) is 2.29. The van der Waals surface area contributed by atoms with Crippen LogP contribution in [0.5, 0.6) is 0 Å². The molecule has 1 aromatic heterocycles. The van der Waals surface area contributed by atoms with Gasteiger partial charge in [-0.3, -0.25) is 4.98 Å². The number of nitrogens with zero attached hydrogens (tertiary/aromatic N) is 2. The van der Waals surface area contributed by atoms with Gasteiger partial charge in [0.25, 0.3) is 0 Å². The first-order valence-electron chi connectivity index (χ1n) is 5.50. The minimum Gasteiger partial charge on any atom is -0.368 e. The predicted octanol–water partition coefficient (Wildman–Crippen LogP) is 0.879. The van der Waals surface area contributed by atoms with Crippen LogP contribution in [0.1, 0.15) is 12.5 Å². The second-order valence-electron chi connectivity index (χ2n) is 4.04. The Morgan fingerprint density at radius 2 is 2.00 bits per heavy atom. The van der Waals surface area contributed by atoms with Crippen LogP contribution in [0.15, 0.2) is 18.5 Å². The van der Waals surface area contributed by atoms with E-state index in [-0.39, 0.29) is 11.5 Å². The third-order valence-corrected chi connectivity index (χ3v) is 4.51. The van der Waals surface area contributed by atoms with Gasteiger partial charge in [0, 0.05) is 19.3 Å². The smallest absolute Gasteiger partial charge is 0.153 e. The third kappa shape index (κ3) is 2.52. The summed E-state index contributed by atoms with van der Waals surface area (Å²) >= 11 is 0. The molecule has 1 fully saturated rings. The van der Waals surface area contributed by atoms with Crippen LogP contribution in [0.3, 0.4) is 0 Å². The minimum atomic E-state index is -2.80. The van der Waals surface area contributed by atoms with Crippen molar-refractivity contribution in [1.82, 2.24) is 4.98 Å². The van der Waals surface area contributed by atoms with Crippen molar-refractivity contribution < 1.29 is 8.42 Å². The molecule has 0 aliphatic carbocycles. The molecule has 16 heavy (non-hydrogen) atoms. The van der Waals surface area contributed by atoms with Crippen molar-refractivity contribution in [3.63, 3.8) is 0 Å². The van der Waals surface area contributed by atoms with Crippen LogP contribution >= 0.6 is 0 Å². The number of rotatable bonds is 2. The van der Waals surface area contributed by atoms with Crippen LogP contribution in [0.4, 0.5) is 5.69 Å². The Labute approximate surface area is 96.2 Å². The Kier molecular flexibility index (Phi) is 3.14. The first-order valence-corrected chi connectivity index (χ1v) is 7.32. The van der Waals surface area contributed by atoms with Crippen LogP contribution in [-0.4, -0.2) is 38.0 Å². The standard InChI is InChI=1S/C11H16N2O2S/c1-2-10-7-11(9-12-8-10)13-3-5-16(14,15)6-4-13/h7-9H,2-6H2,1H3. The molecule has 4 nitrogen and oxygen atoms in total. The van der Waals surface area contributed by atoms with E-state index in [9.17, 15) is 8.42 Å². The van der Waals surface area contributed by atoms with Gasteiger partial charge in [-0.05, 0) is 18.1 Å². The zero-order valence-electron chi connectivity index (χ0n) is 9.39. The van der Waals surface area contributed by atoms with E-state index >= 15 is 0 Å². The molecule has 0 unspecified atom stereocenters. The van der Waals surface area contributed by atoms with Gasteiger partial charge in [-0.15, -0.1) is 0 Å². The number of anilines is 1. The van der Waals surface area contributed by atoms with Gasteiger partial charge in [0.15, 0.2) is 9.84 Å². The van der Waals surface area contributed by atoms with E-state index in [1.54, 1.807) is 6.20 Å². The molecule has 2 rings (SSSR count). The summed E-state index contributed by atoms with van der Waals surface area (Å²) in [5.41, 5.74) is 2.22. The van der Waals surface area contributed by atoms with Crippen LogP contribution in [0, 0.1) is 0 Å². The van der Waals surface area contributed by atoms with Crippen LogP contribution in [-0.2, 0) is 16.3 Å². The molecule has 2 heterocycles. The molecule has 88 valence electrons. The molecule has 0 saturated carbocycles. The van der Waals surface area contributed by atoms with Crippen molar-refractivity contribution >= 4 is 15.5 Å². The van der Waals surface area contributed by atoms with Crippen LogP contribution < -0.4 is 4.90 Å². The number of pyridine rings is 1. The maximum absolute atomic E-state index is 11.3. The predicted molar refractivity (Wildman–Crippen MR) is 64.5 cm³/mol. The summed E-state index contributed by atoms with van der Waals surface area (Å²) < 4.78 is 22.6. The largest absolute Gasteiger partial charge is 0.368 e. The highest BCUT2D eigenvalue weighted by Crippen LogP contribution is 2.17. The first kappa shape index (κ1) is 11.4. The van der Waals surface area contributed by atoms with Gasteiger partial charge < -0.3 is 4.90 Å². The fourth-order valence-corrected chi connectivity index (χ4v) is 3.01. The fraction of sp³-hybridized carbons (Fsp3) is 0.545. The highest BCUT2D eigenvalue weighted by molar-refractivity contribution is 7.91. The summed E-state index contributed by atoms with van der Waals surface area (Å²) in [4.78, 5) is 6.27. The number of aryl methyl sites for hydroxylation is 1. The minimum absolute atomic E-state index is 0.253. The van der Waals surface area contributed by atoms with Crippen molar-refractivity contribution in [1.29, 1.82) is 0 Å². The van der Waals surface area contributed by atoms with Crippen molar-refractivity contribution in [3.05, 3.63) is 24.0 Å². The van der Waals surface area contributed by atoms with E-state index in [2.05, 4.69) is 22.9 Å².